The number of urea groups is 1. The van der Waals surface area contributed by atoms with E-state index in [1.165, 1.54) is 0 Å². The molecule has 1 aliphatic rings. The van der Waals surface area contributed by atoms with Gasteiger partial charge in [0.1, 0.15) is 0 Å². The first-order valence-corrected chi connectivity index (χ1v) is 6.23. The minimum absolute atomic E-state index is 0.0533. The van der Waals surface area contributed by atoms with E-state index in [9.17, 15) is 9.59 Å². The first-order chi connectivity index (χ1) is 8.40. The number of carboxylic acid groups (broad SMARTS) is 1. The van der Waals surface area contributed by atoms with Crippen molar-refractivity contribution >= 4 is 12.0 Å². The molecule has 0 bridgehead atoms. The van der Waals surface area contributed by atoms with Crippen LogP contribution in [0.25, 0.3) is 0 Å². The first-order valence-electron chi connectivity index (χ1n) is 6.23. The van der Waals surface area contributed by atoms with Crippen molar-refractivity contribution in [3.8, 4) is 0 Å². The Bertz CT molecular complexity index is 306. The second kappa shape index (κ2) is 6.58. The molecule has 0 radical (unpaired) electrons. The summed E-state index contributed by atoms with van der Waals surface area (Å²) in [6, 6.07) is -0.0533. The monoisotopic (exact) mass is 258 g/mol. The standard InChI is InChI=1S/C12H22N2O4/c1-9(2)7-13(3)12(17)14-4-5-18-10(8-14)6-11(15)16/h9-10H,4-8H2,1-3H3,(H,15,16). The molecule has 0 aromatic rings. The van der Waals surface area contributed by atoms with E-state index in [0.717, 1.165) is 0 Å². The van der Waals surface area contributed by atoms with Crippen molar-refractivity contribution < 1.29 is 19.4 Å². The van der Waals surface area contributed by atoms with Gasteiger partial charge in [0.25, 0.3) is 0 Å². The topological polar surface area (TPSA) is 70.1 Å². The van der Waals surface area contributed by atoms with Crippen molar-refractivity contribution in [2.75, 3.05) is 33.3 Å². The second-order valence-electron chi connectivity index (χ2n) is 5.09. The van der Waals surface area contributed by atoms with Gasteiger partial charge in [-0.3, -0.25) is 4.79 Å². The normalized spacial score (nSPS) is 20.0. The molecule has 1 atom stereocenters. The van der Waals surface area contributed by atoms with Crippen molar-refractivity contribution in [1.29, 1.82) is 0 Å². The summed E-state index contributed by atoms with van der Waals surface area (Å²) < 4.78 is 5.34. The van der Waals surface area contributed by atoms with E-state index in [1.807, 2.05) is 0 Å². The highest BCUT2D eigenvalue weighted by molar-refractivity contribution is 5.74. The van der Waals surface area contributed by atoms with Crippen LogP contribution in [0.3, 0.4) is 0 Å². The number of aliphatic carboxylic acids is 1. The molecule has 18 heavy (non-hydrogen) atoms. The molecule has 1 N–H and O–H groups in total. The molecule has 0 aromatic carbocycles. The van der Waals surface area contributed by atoms with Gasteiger partial charge in [0, 0.05) is 26.7 Å². The molecule has 2 amide bonds. The van der Waals surface area contributed by atoms with Crippen molar-refractivity contribution in [3.05, 3.63) is 0 Å². The van der Waals surface area contributed by atoms with E-state index in [4.69, 9.17) is 9.84 Å². The average molecular weight is 258 g/mol. The van der Waals surface area contributed by atoms with Gasteiger partial charge in [-0.15, -0.1) is 0 Å². The van der Waals surface area contributed by atoms with Gasteiger partial charge in [0.15, 0.2) is 0 Å². The number of rotatable bonds is 4. The fourth-order valence-electron chi connectivity index (χ4n) is 2.08. The number of carbonyl (C=O) groups is 2. The lowest BCUT2D eigenvalue weighted by molar-refractivity contribution is -0.141. The molecule has 1 saturated heterocycles. The van der Waals surface area contributed by atoms with Crippen molar-refractivity contribution in [2.24, 2.45) is 5.92 Å². The third-order valence-corrected chi connectivity index (χ3v) is 2.78. The number of carbonyl (C=O) groups excluding carboxylic acids is 1. The van der Waals surface area contributed by atoms with Crippen LogP contribution in [0.1, 0.15) is 20.3 Å². The quantitative estimate of drug-likeness (QED) is 0.812. The van der Waals surface area contributed by atoms with Crippen LogP contribution < -0.4 is 0 Å². The molecule has 0 spiro atoms. The highest BCUT2D eigenvalue weighted by Gasteiger charge is 2.27. The van der Waals surface area contributed by atoms with Crippen LogP contribution >= 0.6 is 0 Å². The smallest absolute Gasteiger partial charge is 0.319 e. The summed E-state index contributed by atoms with van der Waals surface area (Å²) in [6.07, 6.45) is -0.454. The predicted octanol–water partition coefficient (Wildman–Crippen LogP) is 0.870. The van der Waals surface area contributed by atoms with E-state index in [0.29, 0.717) is 32.2 Å². The number of hydrogen-bond acceptors (Lipinski definition) is 3. The zero-order chi connectivity index (χ0) is 13.7. The Morgan fingerprint density at radius 1 is 1.50 bits per heavy atom. The number of morpholine rings is 1. The maximum Gasteiger partial charge on any atom is 0.319 e. The van der Waals surface area contributed by atoms with E-state index < -0.39 is 12.1 Å². The van der Waals surface area contributed by atoms with Crippen LogP contribution in [-0.2, 0) is 9.53 Å². The minimum atomic E-state index is -0.898. The molecule has 104 valence electrons. The van der Waals surface area contributed by atoms with E-state index >= 15 is 0 Å². The van der Waals surface area contributed by atoms with Crippen LogP contribution in [0.15, 0.2) is 0 Å². The SMILES string of the molecule is CC(C)CN(C)C(=O)N1CCOC(CC(=O)O)C1. The predicted molar refractivity (Wildman–Crippen MR) is 66.4 cm³/mol. The summed E-state index contributed by atoms with van der Waals surface area (Å²) in [5.41, 5.74) is 0. The molecule has 0 saturated carbocycles. The lowest BCUT2D eigenvalue weighted by Crippen LogP contribution is -2.51. The minimum Gasteiger partial charge on any atom is -0.481 e. The molecular formula is C12H22N2O4. The summed E-state index contributed by atoms with van der Waals surface area (Å²) in [5, 5.41) is 8.72. The number of ether oxygens (including phenoxy) is 1. The molecule has 6 nitrogen and oxygen atoms in total. The molecular weight excluding hydrogens is 236 g/mol. The van der Waals surface area contributed by atoms with E-state index in [2.05, 4.69) is 13.8 Å². The second-order valence-corrected chi connectivity index (χ2v) is 5.09. The third-order valence-electron chi connectivity index (χ3n) is 2.78. The maximum atomic E-state index is 12.1. The molecule has 1 rings (SSSR count). The lowest BCUT2D eigenvalue weighted by Gasteiger charge is -2.35. The zero-order valence-electron chi connectivity index (χ0n) is 11.3. The number of carboxylic acids is 1. The number of nitrogens with zero attached hydrogens (tertiary/aromatic N) is 2. The average Bonchev–Trinajstić information content (AvgIpc) is 2.26. The summed E-state index contributed by atoms with van der Waals surface area (Å²) >= 11 is 0. The van der Waals surface area contributed by atoms with Crippen LogP contribution in [0.5, 0.6) is 0 Å². The summed E-state index contributed by atoms with van der Waals surface area (Å²) in [5.74, 6) is -0.486. The Morgan fingerprint density at radius 2 is 2.17 bits per heavy atom. The highest BCUT2D eigenvalue weighted by Crippen LogP contribution is 2.11. The summed E-state index contributed by atoms with van der Waals surface area (Å²) in [7, 11) is 1.77. The Hall–Kier alpha value is -1.30. The molecule has 6 heteroatoms. The zero-order valence-corrected chi connectivity index (χ0v) is 11.3. The van der Waals surface area contributed by atoms with Crippen LogP contribution in [-0.4, -0.2) is 66.3 Å². The van der Waals surface area contributed by atoms with E-state index in [-0.39, 0.29) is 12.5 Å². The van der Waals surface area contributed by atoms with Gasteiger partial charge >= 0.3 is 12.0 Å². The van der Waals surface area contributed by atoms with Gasteiger partial charge in [-0.25, -0.2) is 4.79 Å². The summed E-state index contributed by atoms with van der Waals surface area (Å²) in [6.45, 7) is 6.08. The molecule has 1 fully saturated rings. The van der Waals surface area contributed by atoms with Gasteiger partial charge in [-0.2, -0.15) is 0 Å². The van der Waals surface area contributed by atoms with E-state index in [1.54, 1.807) is 16.8 Å². The number of hydrogen-bond donors (Lipinski definition) is 1. The Balaban J connectivity index is 2.49. The highest BCUT2D eigenvalue weighted by atomic mass is 16.5. The van der Waals surface area contributed by atoms with Crippen molar-refractivity contribution in [3.63, 3.8) is 0 Å². The fraction of sp³-hybridized carbons (Fsp3) is 0.833. The van der Waals surface area contributed by atoms with Gasteiger partial charge in [0.05, 0.1) is 19.1 Å². The van der Waals surface area contributed by atoms with Crippen LogP contribution in [0.4, 0.5) is 4.79 Å². The molecule has 1 heterocycles. The Morgan fingerprint density at radius 3 is 2.72 bits per heavy atom. The fourth-order valence-corrected chi connectivity index (χ4v) is 2.08. The van der Waals surface area contributed by atoms with Crippen molar-refractivity contribution in [2.45, 2.75) is 26.4 Å². The molecule has 0 aromatic heterocycles. The van der Waals surface area contributed by atoms with Gasteiger partial charge < -0.3 is 19.6 Å². The van der Waals surface area contributed by atoms with Gasteiger partial charge in [0.2, 0.25) is 0 Å². The van der Waals surface area contributed by atoms with Crippen LogP contribution in [0, 0.1) is 5.92 Å². The van der Waals surface area contributed by atoms with Gasteiger partial charge in [-0.1, -0.05) is 13.8 Å². The number of amides is 2. The van der Waals surface area contributed by atoms with Crippen LogP contribution in [0.2, 0.25) is 0 Å². The molecule has 0 aliphatic carbocycles. The Labute approximate surface area is 107 Å². The Kier molecular flexibility index (Phi) is 5.40. The lowest BCUT2D eigenvalue weighted by atomic mass is 10.2. The van der Waals surface area contributed by atoms with Gasteiger partial charge in [-0.05, 0) is 5.92 Å². The molecule has 1 aliphatic heterocycles. The first kappa shape index (κ1) is 14.8. The summed E-state index contributed by atoms with van der Waals surface area (Å²) in [4.78, 5) is 26.1. The molecule has 1 unspecified atom stereocenters. The maximum absolute atomic E-state index is 12.1. The van der Waals surface area contributed by atoms with Crippen molar-refractivity contribution in [1.82, 2.24) is 9.80 Å². The third kappa shape index (κ3) is 4.52. The largest absolute Gasteiger partial charge is 0.481 e.